The molecule has 3 aromatic rings. The lowest BCUT2D eigenvalue weighted by molar-refractivity contribution is -0.384. The third-order valence-electron chi connectivity index (χ3n) is 6.27. The van der Waals surface area contributed by atoms with Gasteiger partial charge in [-0.3, -0.25) is 29.8 Å². The highest BCUT2D eigenvalue weighted by molar-refractivity contribution is 14.1. The quantitative estimate of drug-likeness (QED) is 0.106. The van der Waals surface area contributed by atoms with Crippen LogP contribution in [0.4, 0.5) is 21.9 Å². The first kappa shape index (κ1) is 30.2. The Morgan fingerprint density at radius 1 is 1.10 bits per heavy atom. The lowest BCUT2D eigenvalue weighted by atomic mass is 10.1. The number of ether oxygens (including phenoxy) is 2. The van der Waals surface area contributed by atoms with Gasteiger partial charge in [0.1, 0.15) is 5.57 Å². The molecule has 0 aliphatic carbocycles. The lowest BCUT2D eigenvalue weighted by Crippen LogP contribution is -2.54. The number of non-ortho nitro benzene ring substituents is 1. The Labute approximate surface area is 254 Å². The summed E-state index contributed by atoms with van der Waals surface area (Å²) in [5, 5.41) is 16.1. The van der Waals surface area contributed by atoms with Crippen molar-refractivity contribution in [2.24, 2.45) is 0 Å². The molecule has 1 saturated heterocycles. The van der Waals surface area contributed by atoms with Crippen LogP contribution in [0.3, 0.4) is 0 Å². The molecule has 0 bridgehead atoms. The molecule has 3 aromatic carbocycles. The number of rotatable bonds is 9. The average molecular weight is 684 g/mol. The molecule has 4 rings (SSSR count). The summed E-state index contributed by atoms with van der Waals surface area (Å²) in [7, 11) is 0. The van der Waals surface area contributed by atoms with Gasteiger partial charge in [-0.25, -0.2) is 9.69 Å². The Morgan fingerprint density at radius 3 is 2.55 bits per heavy atom. The Morgan fingerprint density at radius 2 is 1.83 bits per heavy atom. The van der Waals surface area contributed by atoms with E-state index in [-0.39, 0.29) is 41.8 Å². The van der Waals surface area contributed by atoms with Gasteiger partial charge in [0.2, 0.25) is 0 Å². The fraction of sp³-hybridized carbons (Fsp3) is 0.172. The van der Waals surface area contributed by atoms with Crippen molar-refractivity contribution in [3.8, 4) is 11.5 Å². The number of aryl methyl sites for hydroxylation is 1. The number of urea groups is 1. The largest absolute Gasteiger partial charge is 0.490 e. The van der Waals surface area contributed by atoms with E-state index in [0.717, 1.165) is 17.2 Å². The number of nitro benzene ring substituents is 1. The zero-order valence-corrected chi connectivity index (χ0v) is 24.9. The van der Waals surface area contributed by atoms with E-state index in [9.17, 15) is 29.3 Å². The maximum Gasteiger partial charge on any atom is 0.335 e. The smallest absolute Gasteiger partial charge is 0.335 e. The molecule has 216 valence electrons. The third-order valence-corrected chi connectivity index (χ3v) is 7.07. The second-order valence-corrected chi connectivity index (χ2v) is 10.2. The highest BCUT2D eigenvalue weighted by atomic mass is 127. The van der Waals surface area contributed by atoms with E-state index in [4.69, 9.17) is 9.47 Å². The molecule has 5 amide bonds. The molecule has 12 nitrogen and oxygen atoms in total. The first-order valence-electron chi connectivity index (χ1n) is 12.6. The second-order valence-electron chi connectivity index (χ2n) is 9.08. The summed E-state index contributed by atoms with van der Waals surface area (Å²) in [6, 6.07) is 12.6. The number of benzene rings is 3. The fourth-order valence-electron chi connectivity index (χ4n) is 4.09. The molecule has 1 heterocycles. The zero-order chi connectivity index (χ0) is 30.6. The van der Waals surface area contributed by atoms with E-state index in [0.29, 0.717) is 25.5 Å². The zero-order valence-electron chi connectivity index (χ0n) is 22.7. The molecule has 0 aromatic heterocycles. The molecule has 0 atom stereocenters. The Kier molecular flexibility index (Phi) is 9.20. The van der Waals surface area contributed by atoms with Crippen molar-refractivity contribution in [1.29, 1.82) is 0 Å². The summed E-state index contributed by atoms with van der Waals surface area (Å²) in [4.78, 5) is 62.2. The molecule has 0 saturated carbocycles. The van der Waals surface area contributed by atoms with Crippen molar-refractivity contribution in [3.05, 3.63) is 90.5 Å². The Hall–Kier alpha value is -4.79. The van der Waals surface area contributed by atoms with Crippen LogP contribution < -0.4 is 25.0 Å². The summed E-state index contributed by atoms with van der Waals surface area (Å²) in [5.74, 6) is -1.69. The van der Waals surface area contributed by atoms with Crippen LogP contribution in [-0.4, -0.2) is 41.9 Å². The number of imide groups is 2. The lowest BCUT2D eigenvalue weighted by Gasteiger charge is -2.26. The van der Waals surface area contributed by atoms with Crippen LogP contribution in [0, 0.1) is 27.5 Å². The molecule has 0 unspecified atom stereocenters. The molecule has 0 radical (unpaired) electrons. The minimum Gasteiger partial charge on any atom is -0.490 e. The van der Waals surface area contributed by atoms with Gasteiger partial charge in [0, 0.05) is 17.8 Å². The van der Waals surface area contributed by atoms with Gasteiger partial charge in [-0.2, -0.15) is 0 Å². The van der Waals surface area contributed by atoms with Gasteiger partial charge in [-0.1, -0.05) is 18.2 Å². The Balaban J connectivity index is 1.60. The van der Waals surface area contributed by atoms with Crippen molar-refractivity contribution in [3.63, 3.8) is 0 Å². The van der Waals surface area contributed by atoms with Crippen LogP contribution in [0.2, 0.25) is 0 Å². The number of anilines is 2. The van der Waals surface area contributed by atoms with Crippen LogP contribution in [0.25, 0.3) is 6.08 Å². The number of halogens is 1. The number of amides is 5. The summed E-state index contributed by atoms with van der Waals surface area (Å²) in [6.07, 6.45) is 1.27. The number of nitrogens with one attached hydrogen (secondary N) is 2. The van der Waals surface area contributed by atoms with Crippen molar-refractivity contribution in [2.45, 2.75) is 20.8 Å². The first-order chi connectivity index (χ1) is 20.0. The summed E-state index contributed by atoms with van der Waals surface area (Å²) in [6.45, 7) is 5.57. The SMILES string of the molecule is CCOc1cc(/C=C2/C(=O)NC(=O)N(c3cccc([N+](=O)[O-])c3)C2=O)cc(I)c1OCC(=O)Nc1cccc(C)c1C. The minimum atomic E-state index is -1.03. The molecular formula is C29H25IN4O8. The second kappa shape index (κ2) is 12.8. The standard InChI is InChI=1S/C29H25IN4O8/c1-4-41-24-13-18(12-22(30)26(24)42-15-25(35)31-23-10-5-7-16(2)17(23)3)11-21-27(36)32-29(38)33(28(21)37)19-8-6-9-20(14-19)34(39)40/h5-14H,4,15H2,1-3H3,(H,31,35)(H,32,36,38)/b21-11-. The maximum absolute atomic E-state index is 13.3. The number of carbonyl (C=O) groups is 4. The van der Waals surface area contributed by atoms with E-state index in [1.807, 2.05) is 48.6 Å². The maximum atomic E-state index is 13.3. The number of hydrogen-bond donors (Lipinski definition) is 2. The topological polar surface area (TPSA) is 157 Å². The number of carbonyl (C=O) groups excluding carboxylic acids is 4. The van der Waals surface area contributed by atoms with Crippen molar-refractivity contribution < 1.29 is 33.6 Å². The number of hydrogen-bond acceptors (Lipinski definition) is 8. The van der Waals surface area contributed by atoms with Gasteiger partial charge in [-0.15, -0.1) is 0 Å². The molecule has 0 spiro atoms. The highest BCUT2D eigenvalue weighted by Crippen LogP contribution is 2.35. The van der Waals surface area contributed by atoms with E-state index < -0.39 is 22.8 Å². The van der Waals surface area contributed by atoms with Crippen LogP contribution >= 0.6 is 22.6 Å². The minimum absolute atomic E-state index is 0.0717. The molecule has 1 aliphatic heterocycles. The van der Waals surface area contributed by atoms with Gasteiger partial charge in [0.05, 0.1) is 20.8 Å². The van der Waals surface area contributed by atoms with Gasteiger partial charge >= 0.3 is 6.03 Å². The molecule has 42 heavy (non-hydrogen) atoms. The number of nitro groups is 1. The normalized spacial score (nSPS) is 14.0. The van der Waals surface area contributed by atoms with Crippen molar-refractivity contribution >= 4 is 69.5 Å². The summed E-state index contributed by atoms with van der Waals surface area (Å²) >= 11 is 1.98. The van der Waals surface area contributed by atoms with Crippen molar-refractivity contribution in [2.75, 3.05) is 23.4 Å². The molecule has 1 aliphatic rings. The van der Waals surface area contributed by atoms with E-state index in [1.54, 1.807) is 19.1 Å². The van der Waals surface area contributed by atoms with E-state index in [2.05, 4.69) is 10.6 Å². The number of barbiturate groups is 1. The van der Waals surface area contributed by atoms with Gasteiger partial charge < -0.3 is 14.8 Å². The molecule has 13 heteroatoms. The number of nitrogens with zero attached hydrogens (tertiary/aromatic N) is 2. The molecule has 2 N–H and O–H groups in total. The summed E-state index contributed by atoms with van der Waals surface area (Å²) < 4.78 is 12.1. The molecule has 1 fully saturated rings. The predicted molar refractivity (Wildman–Crippen MR) is 162 cm³/mol. The predicted octanol–water partition coefficient (Wildman–Crippen LogP) is 4.90. The van der Waals surface area contributed by atoms with Gasteiger partial charge in [0.15, 0.2) is 18.1 Å². The third kappa shape index (κ3) is 6.57. The molecular weight excluding hydrogens is 659 g/mol. The monoisotopic (exact) mass is 684 g/mol. The van der Waals surface area contributed by atoms with Crippen LogP contribution in [-0.2, 0) is 14.4 Å². The van der Waals surface area contributed by atoms with E-state index >= 15 is 0 Å². The van der Waals surface area contributed by atoms with Crippen molar-refractivity contribution in [1.82, 2.24) is 5.32 Å². The van der Waals surface area contributed by atoms with Gasteiger partial charge in [-0.05, 0) is 90.4 Å². The van der Waals surface area contributed by atoms with Crippen LogP contribution in [0.15, 0.2) is 60.2 Å². The highest BCUT2D eigenvalue weighted by Gasteiger charge is 2.37. The first-order valence-corrected chi connectivity index (χ1v) is 13.7. The summed E-state index contributed by atoms with van der Waals surface area (Å²) in [5.41, 5.74) is 2.26. The average Bonchev–Trinajstić information content (AvgIpc) is 2.93. The van der Waals surface area contributed by atoms with Crippen LogP contribution in [0.5, 0.6) is 11.5 Å². The van der Waals surface area contributed by atoms with Crippen LogP contribution in [0.1, 0.15) is 23.6 Å². The Bertz CT molecular complexity index is 1650. The van der Waals surface area contributed by atoms with E-state index in [1.165, 1.54) is 30.3 Å². The van der Waals surface area contributed by atoms with Gasteiger partial charge in [0.25, 0.3) is 23.4 Å². The fourth-order valence-corrected chi connectivity index (χ4v) is 4.87.